The molecule has 0 atom stereocenters. The molecule has 4 aliphatic rings. The summed E-state index contributed by atoms with van der Waals surface area (Å²) in [6, 6.07) is 0. The van der Waals surface area contributed by atoms with E-state index in [2.05, 4.69) is 20.4 Å². The first-order chi connectivity index (χ1) is 11.7. The van der Waals surface area contributed by atoms with Gasteiger partial charge in [-0.1, -0.05) is 20.4 Å². The molecule has 25 heavy (non-hydrogen) atoms. The van der Waals surface area contributed by atoms with Crippen LogP contribution in [0, 0.1) is 29.6 Å². The van der Waals surface area contributed by atoms with Crippen LogP contribution in [-0.4, -0.2) is 29.9 Å². The second-order valence-electron chi connectivity index (χ2n) is 8.48. The van der Waals surface area contributed by atoms with Crippen molar-refractivity contribution in [1.82, 2.24) is 0 Å². The molecule has 0 radical (unpaired) electrons. The van der Waals surface area contributed by atoms with Gasteiger partial charge >= 0.3 is 11.9 Å². The summed E-state index contributed by atoms with van der Waals surface area (Å²) in [7, 11) is 0. The minimum absolute atomic E-state index is 0.164. The Bertz CT molecular complexity index is 575. The van der Waals surface area contributed by atoms with E-state index in [9.17, 15) is 14.4 Å². The molecule has 138 valence electrons. The summed E-state index contributed by atoms with van der Waals surface area (Å²) >= 11 is 0. The molecular weight excluding hydrogens is 320 g/mol. The fourth-order valence-electron chi connectivity index (χ4n) is 5.68. The van der Waals surface area contributed by atoms with Crippen LogP contribution in [0.4, 0.5) is 0 Å². The molecule has 0 N–H and O–H groups in total. The van der Waals surface area contributed by atoms with E-state index in [1.54, 1.807) is 0 Å². The third-order valence-electron chi connectivity index (χ3n) is 6.50. The average Bonchev–Trinajstić information content (AvgIpc) is 2.54. The third-order valence-corrected chi connectivity index (χ3v) is 6.50. The Balaban J connectivity index is 1.70. The number of carbonyl (C=O) groups excluding carboxylic acids is 3. The lowest BCUT2D eigenvalue weighted by Gasteiger charge is -2.61. The maximum absolute atomic E-state index is 12.4. The van der Waals surface area contributed by atoms with Crippen molar-refractivity contribution >= 4 is 17.7 Å². The molecule has 5 nitrogen and oxygen atoms in total. The molecule has 4 bridgehead atoms. The van der Waals surface area contributed by atoms with Crippen LogP contribution in [0.3, 0.4) is 0 Å². The highest BCUT2D eigenvalue weighted by Gasteiger charge is 2.61. The van der Waals surface area contributed by atoms with Crippen LogP contribution in [0.15, 0.2) is 12.2 Å². The van der Waals surface area contributed by atoms with E-state index < -0.39 is 29.9 Å². The zero-order chi connectivity index (χ0) is 18.4. The van der Waals surface area contributed by atoms with Crippen LogP contribution in [0.25, 0.3) is 0 Å². The molecule has 0 aromatic heterocycles. The van der Waals surface area contributed by atoms with Crippen molar-refractivity contribution in [3.8, 4) is 0 Å². The first kappa shape index (κ1) is 18.2. The van der Waals surface area contributed by atoms with E-state index in [4.69, 9.17) is 9.47 Å². The molecule has 5 heteroatoms. The average molecular weight is 348 g/mol. The molecule has 4 fully saturated rings. The normalized spacial score (nSPS) is 35.5. The van der Waals surface area contributed by atoms with Crippen LogP contribution in [0.2, 0.25) is 0 Å². The van der Waals surface area contributed by atoms with Crippen LogP contribution in [-0.2, 0) is 23.9 Å². The molecule has 0 aromatic rings. The Labute approximate surface area is 149 Å². The van der Waals surface area contributed by atoms with E-state index in [0.29, 0.717) is 11.8 Å². The Morgan fingerprint density at radius 1 is 1.00 bits per heavy atom. The predicted molar refractivity (Wildman–Crippen MR) is 91.5 cm³/mol. The Hall–Kier alpha value is -1.65. The lowest BCUT2D eigenvalue weighted by atomic mass is 9.47. The quantitative estimate of drug-likeness (QED) is 0.419. The summed E-state index contributed by atoms with van der Waals surface area (Å²) in [4.78, 5) is 36.0. The van der Waals surface area contributed by atoms with Crippen molar-refractivity contribution in [3.05, 3.63) is 12.2 Å². The summed E-state index contributed by atoms with van der Waals surface area (Å²) in [5.74, 6) is 0.0169. The van der Waals surface area contributed by atoms with Gasteiger partial charge in [0.05, 0.1) is 0 Å². The minimum atomic E-state index is -0.865. The summed E-state index contributed by atoms with van der Waals surface area (Å²) in [5.41, 5.74) is -0.348. The summed E-state index contributed by atoms with van der Waals surface area (Å²) in [6.45, 7) is 8.53. The highest BCUT2D eigenvalue weighted by Crippen LogP contribution is 2.61. The smallest absolute Gasteiger partial charge is 0.378 e. The van der Waals surface area contributed by atoms with Crippen molar-refractivity contribution < 1.29 is 23.9 Å². The summed E-state index contributed by atoms with van der Waals surface area (Å²) in [5, 5.41) is 0. The molecule has 0 aromatic carbocycles. The zero-order valence-electron chi connectivity index (χ0n) is 15.4. The van der Waals surface area contributed by atoms with E-state index >= 15 is 0 Å². The van der Waals surface area contributed by atoms with Crippen molar-refractivity contribution in [1.29, 1.82) is 0 Å². The van der Waals surface area contributed by atoms with Crippen LogP contribution >= 0.6 is 0 Å². The highest BCUT2D eigenvalue weighted by molar-refractivity contribution is 6.34. The van der Waals surface area contributed by atoms with Crippen molar-refractivity contribution in [2.45, 2.75) is 58.5 Å². The topological polar surface area (TPSA) is 69.7 Å². The first-order valence-electron chi connectivity index (χ1n) is 9.32. The van der Waals surface area contributed by atoms with E-state index in [1.165, 1.54) is 13.3 Å². The minimum Gasteiger partial charge on any atom is -0.454 e. The van der Waals surface area contributed by atoms with Gasteiger partial charge in [0.15, 0.2) is 6.61 Å². The van der Waals surface area contributed by atoms with Gasteiger partial charge in [-0.2, -0.15) is 0 Å². The Morgan fingerprint density at radius 2 is 1.52 bits per heavy atom. The molecule has 0 heterocycles. The van der Waals surface area contributed by atoms with Gasteiger partial charge in [0, 0.05) is 5.57 Å². The number of carbonyl (C=O) groups is 3. The molecule has 4 saturated carbocycles. The van der Waals surface area contributed by atoms with Gasteiger partial charge in [0.2, 0.25) is 0 Å². The summed E-state index contributed by atoms with van der Waals surface area (Å²) < 4.78 is 10.7. The fourth-order valence-corrected chi connectivity index (χ4v) is 5.68. The third kappa shape index (κ3) is 3.13. The second-order valence-corrected chi connectivity index (χ2v) is 8.48. The highest BCUT2D eigenvalue weighted by atomic mass is 16.6. The molecule has 0 unspecified atom stereocenters. The van der Waals surface area contributed by atoms with Crippen LogP contribution in [0.1, 0.15) is 52.9 Å². The molecule has 4 aliphatic carbocycles. The number of ketones is 1. The largest absolute Gasteiger partial charge is 0.454 e. The molecule has 0 spiro atoms. The lowest BCUT2D eigenvalue weighted by Crippen LogP contribution is -2.62. The number of ether oxygens (including phenoxy) is 2. The lowest BCUT2D eigenvalue weighted by molar-refractivity contribution is -0.224. The standard InChI is InChI=1S/C20H28O5/c1-11(2)18(22)24-10-17(21)19(23)25-20(12(3)4)15-6-13-5-14(8-15)9-16(20)7-13/h12-16H,1,5-10H2,2-4H3. The molecule has 0 amide bonds. The van der Waals surface area contributed by atoms with Crippen molar-refractivity contribution in [2.24, 2.45) is 29.6 Å². The maximum atomic E-state index is 12.4. The first-order valence-corrected chi connectivity index (χ1v) is 9.32. The number of rotatable bonds is 6. The van der Waals surface area contributed by atoms with Gasteiger partial charge in [-0.3, -0.25) is 4.79 Å². The van der Waals surface area contributed by atoms with Gasteiger partial charge < -0.3 is 9.47 Å². The van der Waals surface area contributed by atoms with Gasteiger partial charge in [-0.15, -0.1) is 0 Å². The Kier molecular flexibility index (Phi) is 4.78. The second kappa shape index (κ2) is 6.58. The number of Topliss-reactive ketones (excluding diaryl/α,β-unsaturated/α-hetero) is 1. The van der Waals surface area contributed by atoms with Gasteiger partial charge in [0.1, 0.15) is 5.60 Å². The van der Waals surface area contributed by atoms with Gasteiger partial charge in [-0.05, 0) is 68.6 Å². The Morgan fingerprint density at radius 3 is 1.96 bits per heavy atom. The molecule has 4 rings (SSSR count). The molecule has 0 aliphatic heterocycles. The van der Waals surface area contributed by atoms with Gasteiger partial charge in [-0.25, -0.2) is 9.59 Å². The number of hydrogen-bond acceptors (Lipinski definition) is 5. The molecular formula is C20H28O5. The van der Waals surface area contributed by atoms with Crippen molar-refractivity contribution in [3.63, 3.8) is 0 Å². The maximum Gasteiger partial charge on any atom is 0.378 e. The number of esters is 2. The van der Waals surface area contributed by atoms with Gasteiger partial charge in [0.25, 0.3) is 5.78 Å². The van der Waals surface area contributed by atoms with Crippen LogP contribution in [0.5, 0.6) is 0 Å². The zero-order valence-corrected chi connectivity index (χ0v) is 15.4. The monoisotopic (exact) mass is 348 g/mol. The van der Waals surface area contributed by atoms with E-state index in [0.717, 1.165) is 37.5 Å². The van der Waals surface area contributed by atoms with E-state index in [-0.39, 0.29) is 11.5 Å². The molecule has 0 saturated heterocycles. The fraction of sp³-hybridized carbons (Fsp3) is 0.750. The van der Waals surface area contributed by atoms with E-state index in [1.807, 2.05) is 0 Å². The van der Waals surface area contributed by atoms with Crippen molar-refractivity contribution in [2.75, 3.05) is 6.61 Å². The van der Waals surface area contributed by atoms with Crippen LogP contribution < -0.4 is 0 Å². The number of hydrogen-bond donors (Lipinski definition) is 0. The predicted octanol–water partition coefficient (Wildman–Crippen LogP) is 3.07. The SMILES string of the molecule is C=C(C)C(=O)OCC(=O)C(=O)OC1(C(C)C)C2CC3CC(C2)CC1C3. The summed E-state index contributed by atoms with van der Waals surface area (Å²) in [6.07, 6.45) is 5.69.